The zero-order chi connectivity index (χ0) is 18.4. The highest BCUT2D eigenvalue weighted by molar-refractivity contribution is 7.90. The van der Waals surface area contributed by atoms with Gasteiger partial charge in [0, 0.05) is 16.3 Å². The van der Waals surface area contributed by atoms with Crippen molar-refractivity contribution in [3.63, 3.8) is 0 Å². The first-order valence-electron chi connectivity index (χ1n) is 7.23. The molecule has 130 valence electrons. The van der Waals surface area contributed by atoms with E-state index < -0.39 is 26.4 Å². The lowest BCUT2D eigenvalue weighted by molar-refractivity contribution is 0.521. The molecule has 25 heavy (non-hydrogen) atoms. The van der Waals surface area contributed by atoms with Crippen molar-refractivity contribution in [3.05, 3.63) is 75.3 Å². The fourth-order valence-corrected chi connectivity index (χ4v) is 4.19. The monoisotopic (exact) mass is 400 g/mol. The van der Waals surface area contributed by atoms with Crippen LogP contribution in [0.1, 0.15) is 17.5 Å². The van der Waals surface area contributed by atoms with Gasteiger partial charge in [-0.1, -0.05) is 35.4 Å². The molecular formula is C18H12Cl2F2O2S. The summed E-state index contributed by atoms with van der Waals surface area (Å²) in [6, 6.07) is 7.05. The van der Waals surface area contributed by atoms with E-state index in [1.165, 1.54) is 0 Å². The summed E-state index contributed by atoms with van der Waals surface area (Å²) in [5.74, 6) is -2.23. The number of rotatable bonds is 3. The maximum absolute atomic E-state index is 14.2. The highest BCUT2D eigenvalue weighted by atomic mass is 35.5. The lowest BCUT2D eigenvalue weighted by Crippen LogP contribution is -2.05. The van der Waals surface area contributed by atoms with Crippen LogP contribution in [0, 0.1) is 11.6 Å². The second-order valence-electron chi connectivity index (χ2n) is 5.67. The maximum atomic E-state index is 14.2. The van der Waals surface area contributed by atoms with Gasteiger partial charge in [0.2, 0.25) is 0 Å². The van der Waals surface area contributed by atoms with Crippen molar-refractivity contribution in [1.82, 2.24) is 0 Å². The summed E-state index contributed by atoms with van der Waals surface area (Å²) in [6.07, 6.45) is 5.03. The average molecular weight is 401 g/mol. The SMILES string of the molecule is CS(=O)(=O)c1c(F)cc(C2=CCC=C2c2cc(Cl)cc(Cl)c2)cc1F. The molecule has 2 aromatic rings. The molecule has 0 amide bonds. The molecule has 2 nitrogen and oxygen atoms in total. The summed E-state index contributed by atoms with van der Waals surface area (Å²) in [5, 5.41) is 0.888. The minimum absolute atomic E-state index is 0.252. The molecule has 0 aliphatic heterocycles. The molecule has 2 aromatic carbocycles. The molecule has 3 rings (SSSR count). The third kappa shape index (κ3) is 3.64. The minimum Gasteiger partial charge on any atom is -0.224 e. The van der Waals surface area contributed by atoms with Crippen LogP contribution in [0.4, 0.5) is 8.78 Å². The fraction of sp³-hybridized carbons (Fsp3) is 0.111. The molecule has 0 spiro atoms. The van der Waals surface area contributed by atoms with Gasteiger partial charge in [0.05, 0.1) is 0 Å². The van der Waals surface area contributed by atoms with Crippen LogP contribution in [0.15, 0.2) is 47.4 Å². The van der Waals surface area contributed by atoms with E-state index in [2.05, 4.69) is 0 Å². The van der Waals surface area contributed by atoms with Crippen LogP contribution in [0.5, 0.6) is 0 Å². The second kappa shape index (κ2) is 6.56. The van der Waals surface area contributed by atoms with E-state index in [-0.39, 0.29) is 5.56 Å². The molecule has 7 heteroatoms. The molecule has 0 saturated carbocycles. The Balaban J connectivity index is 2.10. The molecule has 1 aliphatic rings. The van der Waals surface area contributed by atoms with Gasteiger partial charge in [0.25, 0.3) is 0 Å². The normalized spacial score (nSPS) is 14.4. The molecule has 0 N–H and O–H groups in total. The summed E-state index contributed by atoms with van der Waals surface area (Å²) in [4.78, 5) is -0.925. The number of hydrogen-bond acceptors (Lipinski definition) is 2. The molecule has 0 saturated heterocycles. The predicted molar refractivity (Wildman–Crippen MR) is 96.5 cm³/mol. The fourth-order valence-electron chi connectivity index (χ4n) is 2.84. The standard InChI is InChI=1S/C18H12Cl2F2O2S/c1-25(23,24)18-16(21)7-11(8-17(18)22)15-4-2-3-14(15)10-5-12(19)9-13(20)6-10/h3-9H,2H2,1H3. The first-order chi connectivity index (χ1) is 11.7. The Labute approximate surface area is 154 Å². The molecular weight excluding hydrogens is 389 g/mol. The van der Waals surface area contributed by atoms with E-state index in [4.69, 9.17) is 23.2 Å². The van der Waals surface area contributed by atoms with Gasteiger partial charge in [0.15, 0.2) is 9.84 Å². The van der Waals surface area contributed by atoms with E-state index in [0.717, 1.165) is 24.0 Å². The van der Waals surface area contributed by atoms with Gasteiger partial charge >= 0.3 is 0 Å². The van der Waals surface area contributed by atoms with Crippen LogP contribution in [-0.4, -0.2) is 14.7 Å². The predicted octanol–water partition coefficient (Wildman–Crippen LogP) is 5.55. The van der Waals surface area contributed by atoms with Crippen molar-refractivity contribution in [1.29, 1.82) is 0 Å². The Morgan fingerprint density at radius 1 is 0.840 bits per heavy atom. The minimum atomic E-state index is -4.00. The third-order valence-corrected chi connectivity index (χ3v) is 5.36. The summed E-state index contributed by atoms with van der Waals surface area (Å²) < 4.78 is 51.5. The van der Waals surface area contributed by atoms with Gasteiger partial charge in [0.1, 0.15) is 16.5 Å². The van der Waals surface area contributed by atoms with Gasteiger partial charge in [-0.05, 0) is 59.0 Å². The van der Waals surface area contributed by atoms with Crippen molar-refractivity contribution < 1.29 is 17.2 Å². The lowest BCUT2D eigenvalue weighted by atomic mass is 9.95. The number of halogens is 4. The van der Waals surface area contributed by atoms with Gasteiger partial charge in [-0.3, -0.25) is 0 Å². The smallest absolute Gasteiger partial charge is 0.181 e. The van der Waals surface area contributed by atoms with Crippen LogP contribution < -0.4 is 0 Å². The van der Waals surface area contributed by atoms with Crippen molar-refractivity contribution in [2.75, 3.05) is 6.26 Å². The Bertz CT molecular complexity index is 998. The molecule has 0 unspecified atom stereocenters. The first-order valence-corrected chi connectivity index (χ1v) is 9.88. The summed E-state index contributed by atoms with van der Waals surface area (Å²) in [5.41, 5.74) is 2.29. The van der Waals surface area contributed by atoms with Crippen LogP contribution in [0.25, 0.3) is 11.1 Å². The van der Waals surface area contributed by atoms with Crippen molar-refractivity contribution in [2.45, 2.75) is 11.3 Å². The molecule has 0 radical (unpaired) electrons. The average Bonchev–Trinajstić information content (AvgIpc) is 2.93. The van der Waals surface area contributed by atoms with Gasteiger partial charge < -0.3 is 0 Å². The van der Waals surface area contributed by atoms with Crippen LogP contribution in [0.3, 0.4) is 0 Å². The van der Waals surface area contributed by atoms with Crippen molar-refractivity contribution in [2.24, 2.45) is 0 Å². The maximum Gasteiger partial charge on any atom is 0.181 e. The number of sulfone groups is 1. The van der Waals surface area contributed by atoms with Gasteiger partial charge in [-0.25, -0.2) is 17.2 Å². The summed E-state index contributed by atoms with van der Waals surface area (Å²) in [6.45, 7) is 0. The number of benzene rings is 2. The molecule has 0 atom stereocenters. The van der Waals surface area contributed by atoms with Crippen LogP contribution in [-0.2, 0) is 9.84 Å². The van der Waals surface area contributed by atoms with Gasteiger partial charge in [-0.2, -0.15) is 0 Å². The molecule has 0 fully saturated rings. The Morgan fingerprint density at radius 3 is 1.72 bits per heavy atom. The zero-order valence-corrected chi connectivity index (χ0v) is 15.3. The van der Waals surface area contributed by atoms with Crippen LogP contribution >= 0.6 is 23.2 Å². The molecule has 0 heterocycles. The van der Waals surface area contributed by atoms with Crippen molar-refractivity contribution >= 4 is 44.2 Å². The van der Waals surface area contributed by atoms with E-state index in [1.54, 1.807) is 24.3 Å². The highest BCUT2D eigenvalue weighted by Crippen LogP contribution is 2.39. The van der Waals surface area contributed by atoms with E-state index in [9.17, 15) is 17.2 Å². The summed E-state index contributed by atoms with van der Waals surface area (Å²) in [7, 11) is -4.00. The third-order valence-electron chi connectivity index (χ3n) is 3.79. The Morgan fingerprint density at radius 2 is 1.28 bits per heavy atom. The van der Waals surface area contributed by atoms with Crippen LogP contribution in [0.2, 0.25) is 10.0 Å². The molecule has 0 aromatic heterocycles. The Hall–Kier alpha value is -1.69. The highest BCUT2D eigenvalue weighted by Gasteiger charge is 2.23. The van der Waals surface area contributed by atoms with E-state index >= 15 is 0 Å². The number of allylic oxidation sites excluding steroid dienone is 4. The molecule has 1 aliphatic carbocycles. The first kappa shape index (κ1) is 18.1. The second-order valence-corrected chi connectivity index (χ2v) is 8.50. The van der Waals surface area contributed by atoms with E-state index in [0.29, 0.717) is 27.6 Å². The topological polar surface area (TPSA) is 34.1 Å². The largest absolute Gasteiger partial charge is 0.224 e. The van der Waals surface area contributed by atoms with E-state index in [1.807, 2.05) is 6.08 Å². The summed E-state index contributed by atoms with van der Waals surface area (Å²) >= 11 is 12.1. The van der Waals surface area contributed by atoms with Crippen molar-refractivity contribution in [3.8, 4) is 0 Å². The Kier molecular flexibility index (Phi) is 4.75. The quantitative estimate of drug-likeness (QED) is 0.676. The molecule has 0 bridgehead atoms. The zero-order valence-electron chi connectivity index (χ0n) is 13.0. The van der Waals surface area contributed by atoms with Gasteiger partial charge in [-0.15, -0.1) is 0 Å². The number of hydrogen-bond donors (Lipinski definition) is 0. The lowest BCUT2D eigenvalue weighted by Gasteiger charge is -2.12.